The molecule has 1 atom stereocenters. The number of carbonyl (C=O) groups is 1. The lowest BCUT2D eigenvalue weighted by atomic mass is 9.96. The Morgan fingerprint density at radius 2 is 1.66 bits per heavy atom. The van der Waals surface area contributed by atoms with E-state index in [9.17, 15) is 13.2 Å². The first-order valence-electron chi connectivity index (χ1n) is 9.82. The average Bonchev–Trinajstić information content (AvgIpc) is 2.74. The molecule has 3 rings (SSSR count). The van der Waals surface area contributed by atoms with Crippen LogP contribution in [0.4, 0.5) is 0 Å². The Hall–Kier alpha value is -1.83. The van der Waals surface area contributed by atoms with Crippen molar-refractivity contribution in [2.75, 3.05) is 19.3 Å². The van der Waals surface area contributed by atoms with Gasteiger partial charge < -0.3 is 5.32 Å². The average molecular weight is 433 g/mol. The molecule has 1 aliphatic rings. The van der Waals surface area contributed by atoms with Crippen LogP contribution in [-0.4, -0.2) is 38.0 Å². The summed E-state index contributed by atoms with van der Waals surface area (Å²) in [5.41, 5.74) is 2.25. The van der Waals surface area contributed by atoms with Crippen molar-refractivity contribution in [2.24, 2.45) is 5.92 Å². The van der Waals surface area contributed by atoms with E-state index >= 15 is 0 Å². The van der Waals surface area contributed by atoms with Crippen LogP contribution in [0.2, 0.25) is 0 Å². The summed E-state index contributed by atoms with van der Waals surface area (Å²) in [5, 5.41) is 3.07. The van der Waals surface area contributed by atoms with Gasteiger partial charge in [0.1, 0.15) is 0 Å². The summed E-state index contributed by atoms with van der Waals surface area (Å²) in [7, 11) is -3.51. The fourth-order valence-corrected chi connectivity index (χ4v) is 5.40. The summed E-state index contributed by atoms with van der Waals surface area (Å²) in [5.74, 6) is -0.160. The second kappa shape index (κ2) is 9.32. The Labute approximate surface area is 177 Å². The molecule has 1 amide bonds. The third-order valence-corrected chi connectivity index (χ3v) is 8.11. The van der Waals surface area contributed by atoms with E-state index in [1.54, 1.807) is 23.9 Å². The zero-order chi connectivity index (χ0) is 21.0. The molecule has 0 bridgehead atoms. The van der Waals surface area contributed by atoms with Gasteiger partial charge in [0.05, 0.1) is 10.9 Å². The summed E-state index contributed by atoms with van der Waals surface area (Å²) in [6, 6.07) is 15.0. The molecule has 29 heavy (non-hydrogen) atoms. The molecule has 0 spiro atoms. The van der Waals surface area contributed by atoms with Crippen LogP contribution in [0.5, 0.6) is 0 Å². The minimum absolute atomic E-state index is 0.000513. The van der Waals surface area contributed by atoms with Crippen molar-refractivity contribution < 1.29 is 13.2 Å². The first-order chi connectivity index (χ1) is 13.8. The third kappa shape index (κ3) is 5.21. The van der Waals surface area contributed by atoms with E-state index in [0.717, 1.165) is 10.5 Å². The van der Waals surface area contributed by atoms with Crippen molar-refractivity contribution in [3.63, 3.8) is 0 Å². The highest BCUT2D eigenvalue weighted by Crippen LogP contribution is 2.26. The number of hydrogen-bond acceptors (Lipinski definition) is 4. The van der Waals surface area contributed by atoms with Gasteiger partial charge in [0.25, 0.3) is 0 Å². The van der Waals surface area contributed by atoms with Crippen LogP contribution in [0, 0.1) is 12.8 Å². The number of nitrogens with one attached hydrogen (secondary N) is 1. The van der Waals surface area contributed by atoms with Crippen molar-refractivity contribution in [2.45, 2.75) is 42.5 Å². The number of thioether (sulfide) groups is 1. The molecular formula is C22H28N2O3S2. The van der Waals surface area contributed by atoms with Crippen LogP contribution in [0.25, 0.3) is 0 Å². The number of sulfonamides is 1. The number of hydrogen-bond donors (Lipinski definition) is 1. The highest BCUT2D eigenvalue weighted by atomic mass is 32.2. The Morgan fingerprint density at radius 3 is 2.21 bits per heavy atom. The van der Waals surface area contributed by atoms with Gasteiger partial charge in [-0.3, -0.25) is 4.79 Å². The molecule has 1 fully saturated rings. The molecule has 0 saturated carbocycles. The molecule has 0 aromatic heterocycles. The van der Waals surface area contributed by atoms with Gasteiger partial charge >= 0.3 is 0 Å². The Morgan fingerprint density at radius 1 is 1.07 bits per heavy atom. The number of aryl methyl sites for hydroxylation is 1. The van der Waals surface area contributed by atoms with Crippen LogP contribution in [0.1, 0.15) is 36.9 Å². The summed E-state index contributed by atoms with van der Waals surface area (Å²) in [6.45, 7) is 4.74. The molecule has 1 aliphatic heterocycles. The molecule has 5 nitrogen and oxygen atoms in total. The first-order valence-corrected chi connectivity index (χ1v) is 12.5. The SMILES string of the molecule is CSc1ccc(S(=O)(=O)N2CCC(C(=O)N[C@H](C)c3ccc(C)cc3)CC2)cc1. The summed E-state index contributed by atoms with van der Waals surface area (Å²) >= 11 is 1.58. The predicted molar refractivity (Wildman–Crippen MR) is 117 cm³/mol. The molecule has 0 aliphatic carbocycles. The third-order valence-electron chi connectivity index (χ3n) is 5.46. The summed E-state index contributed by atoms with van der Waals surface area (Å²) in [4.78, 5) is 14.0. The molecule has 1 heterocycles. The monoisotopic (exact) mass is 432 g/mol. The second-order valence-corrected chi connectivity index (χ2v) is 10.3. The number of rotatable bonds is 6. The van der Waals surface area contributed by atoms with E-state index in [1.807, 2.05) is 56.5 Å². The molecule has 2 aromatic carbocycles. The maximum atomic E-state index is 12.9. The van der Waals surface area contributed by atoms with E-state index in [4.69, 9.17) is 0 Å². The van der Waals surface area contributed by atoms with E-state index in [-0.39, 0.29) is 17.9 Å². The van der Waals surface area contributed by atoms with Crippen molar-refractivity contribution in [1.82, 2.24) is 9.62 Å². The van der Waals surface area contributed by atoms with Crippen molar-refractivity contribution in [3.8, 4) is 0 Å². The van der Waals surface area contributed by atoms with Crippen LogP contribution in [0.3, 0.4) is 0 Å². The first kappa shape index (κ1) is 21.9. The van der Waals surface area contributed by atoms with Crippen LogP contribution >= 0.6 is 11.8 Å². The number of amides is 1. The van der Waals surface area contributed by atoms with Crippen LogP contribution < -0.4 is 5.32 Å². The molecule has 0 radical (unpaired) electrons. The number of piperidine rings is 1. The normalized spacial score (nSPS) is 17.1. The summed E-state index contributed by atoms with van der Waals surface area (Å²) in [6.07, 6.45) is 3.03. The molecular weight excluding hydrogens is 404 g/mol. The minimum Gasteiger partial charge on any atom is -0.349 e. The zero-order valence-corrected chi connectivity index (χ0v) is 18.7. The molecule has 7 heteroatoms. The number of carbonyl (C=O) groups excluding carboxylic acids is 1. The van der Waals surface area contributed by atoms with Gasteiger partial charge in [-0.1, -0.05) is 29.8 Å². The van der Waals surface area contributed by atoms with Crippen molar-refractivity contribution >= 4 is 27.7 Å². The predicted octanol–water partition coefficient (Wildman–Crippen LogP) is 4.00. The highest BCUT2D eigenvalue weighted by molar-refractivity contribution is 7.98. The lowest BCUT2D eigenvalue weighted by molar-refractivity contribution is -0.126. The van der Waals surface area contributed by atoms with Crippen LogP contribution in [0.15, 0.2) is 58.3 Å². The van der Waals surface area contributed by atoms with E-state index < -0.39 is 10.0 Å². The molecule has 2 aromatic rings. The van der Waals surface area contributed by atoms with Gasteiger partial charge in [-0.2, -0.15) is 4.31 Å². The fraction of sp³-hybridized carbons (Fsp3) is 0.409. The smallest absolute Gasteiger partial charge is 0.243 e. The standard InChI is InChI=1S/C22H28N2O3S2/c1-16-4-6-18(7-5-16)17(2)23-22(25)19-12-14-24(15-13-19)29(26,27)21-10-8-20(28-3)9-11-21/h4-11,17,19H,12-15H2,1-3H3,(H,23,25)/t17-/m1/s1. The highest BCUT2D eigenvalue weighted by Gasteiger charge is 2.32. The van der Waals surface area contributed by atoms with Crippen LogP contribution in [-0.2, 0) is 14.8 Å². The quantitative estimate of drug-likeness (QED) is 0.701. The summed E-state index contributed by atoms with van der Waals surface area (Å²) < 4.78 is 27.2. The molecule has 1 N–H and O–H groups in total. The van der Waals surface area contributed by atoms with E-state index in [1.165, 1.54) is 9.87 Å². The largest absolute Gasteiger partial charge is 0.349 e. The minimum atomic E-state index is -3.51. The van der Waals surface area contributed by atoms with Gasteiger partial charge in [-0.15, -0.1) is 11.8 Å². The molecule has 1 saturated heterocycles. The van der Waals surface area contributed by atoms with Gasteiger partial charge in [-0.05, 0) is 62.8 Å². The Balaban J connectivity index is 1.57. The number of nitrogens with zero attached hydrogens (tertiary/aromatic N) is 1. The van der Waals surface area contributed by atoms with E-state index in [0.29, 0.717) is 30.8 Å². The number of benzene rings is 2. The van der Waals surface area contributed by atoms with E-state index in [2.05, 4.69) is 5.32 Å². The van der Waals surface area contributed by atoms with Gasteiger partial charge in [0.2, 0.25) is 15.9 Å². The maximum Gasteiger partial charge on any atom is 0.243 e. The Kier molecular flexibility index (Phi) is 7.03. The topological polar surface area (TPSA) is 66.5 Å². The zero-order valence-electron chi connectivity index (χ0n) is 17.1. The van der Waals surface area contributed by atoms with Crippen molar-refractivity contribution in [1.29, 1.82) is 0 Å². The van der Waals surface area contributed by atoms with Crippen molar-refractivity contribution in [3.05, 3.63) is 59.7 Å². The molecule has 156 valence electrons. The second-order valence-electron chi connectivity index (χ2n) is 7.49. The fourth-order valence-electron chi connectivity index (χ4n) is 3.52. The lowest BCUT2D eigenvalue weighted by Gasteiger charge is -2.31. The lowest BCUT2D eigenvalue weighted by Crippen LogP contribution is -2.43. The molecule has 0 unspecified atom stereocenters. The maximum absolute atomic E-state index is 12.9. The Bertz CT molecular complexity index is 933. The van der Waals surface area contributed by atoms with Gasteiger partial charge in [0.15, 0.2) is 0 Å². The van der Waals surface area contributed by atoms with Gasteiger partial charge in [-0.25, -0.2) is 8.42 Å². The van der Waals surface area contributed by atoms with Gasteiger partial charge in [0, 0.05) is 23.9 Å².